The predicted molar refractivity (Wildman–Crippen MR) is 84.2 cm³/mol. The molecule has 0 aliphatic heterocycles. The van der Waals surface area contributed by atoms with E-state index in [2.05, 4.69) is 25.0 Å². The van der Waals surface area contributed by atoms with Gasteiger partial charge in [-0.05, 0) is 48.4 Å². The van der Waals surface area contributed by atoms with Crippen LogP contribution in [0.1, 0.15) is 5.56 Å². The lowest BCUT2D eigenvalue weighted by Gasteiger charge is -2.06. The molecule has 22 heavy (non-hydrogen) atoms. The van der Waals surface area contributed by atoms with E-state index in [9.17, 15) is 0 Å². The number of azide groups is 1. The van der Waals surface area contributed by atoms with Gasteiger partial charge < -0.3 is 0 Å². The molecule has 0 atom stereocenters. The van der Waals surface area contributed by atoms with Crippen LogP contribution in [0.3, 0.4) is 0 Å². The highest BCUT2D eigenvalue weighted by atomic mass is 15.1. The first-order valence-electron chi connectivity index (χ1n) is 6.68. The standard InChI is InChI=1S/C16H12N6/c1-11-5-6-14(19-10-11)16-9-12(21-22-17)8-15(20-16)13-4-2-3-7-18-13/h2-10H,1H3. The third-order valence-corrected chi connectivity index (χ3v) is 3.07. The summed E-state index contributed by atoms with van der Waals surface area (Å²) >= 11 is 0. The van der Waals surface area contributed by atoms with Crippen LogP contribution >= 0.6 is 0 Å². The topological polar surface area (TPSA) is 87.4 Å². The number of hydrogen-bond donors (Lipinski definition) is 0. The molecule has 0 aliphatic carbocycles. The van der Waals surface area contributed by atoms with Gasteiger partial charge in [0.25, 0.3) is 0 Å². The molecule has 106 valence electrons. The molecular weight excluding hydrogens is 276 g/mol. The summed E-state index contributed by atoms with van der Waals surface area (Å²) in [4.78, 5) is 16.1. The van der Waals surface area contributed by atoms with Gasteiger partial charge in [-0.2, -0.15) is 0 Å². The summed E-state index contributed by atoms with van der Waals surface area (Å²) in [6.07, 6.45) is 3.47. The van der Waals surface area contributed by atoms with Crippen LogP contribution < -0.4 is 0 Å². The number of aryl methyl sites for hydroxylation is 1. The molecule has 0 amide bonds. The molecular formula is C16H12N6. The molecule has 0 fully saturated rings. The largest absolute Gasteiger partial charge is 0.255 e. The zero-order chi connectivity index (χ0) is 15.4. The molecule has 0 N–H and O–H groups in total. The molecule has 0 unspecified atom stereocenters. The quantitative estimate of drug-likeness (QED) is 0.405. The second-order valence-electron chi connectivity index (χ2n) is 4.72. The SMILES string of the molecule is Cc1ccc(-c2cc(N=[N+]=[N-])cc(-c3ccccn3)n2)nc1. The Labute approximate surface area is 127 Å². The smallest absolute Gasteiger partial charge is 0.0898 e. The van der Waals surface area contributed by atoms with Crippen molar-refractivity contribution < 1.29 is 0 Å². The van der Waals surface area contributed by atoms with E-state index in [1.807, 2.05) is 37.3 Å². The maximum atomic E-state index is 8.69. The van der Waals surface area contributed by atoms with E-state index in [4.69, 9.17) is 5.53 Å². The van der Waals surface area contributed by atoms with Crippen molar-refractivity contribution in [3.63, 3.8) is 0 Å². The van der Waals surface area contributed by atoms with Crippen molar-refractivity contribution in [3.8, 4) is 22.8 Å². The highest BCUT2D eigenvalue weighted by molar-refractivity contribution is 5.67. The van der Waals surface area contributed by atoms with Gasteiger partial charge >= 0.3 is 0 Å². The van der Waals surface area contributed by atoms with E-state index >= 15 is 0 Å². The van der Waals surface area contributed by atoms with Gasteiger partial charge in [-0.3, -0.25) is 9.97 Å². The summed E-state index contributed by atoms with van der Waals surface area (Å²) in [6.45, 7) is 1.97. The molecule has 3 aromatic rings. The Balaban J connectivity index is 2.16. The summed E-state index contributed by atoms with van der Waals surface area (Å²) in [5, 5.41) is 3.68. The van der Waals surface area contributed by atoms with Crippen molar-refractivity contribution in [1.82, 2.24) is 15.0 Å². The Hall–Kier alpha value is -3.24. The Morgan fingerprint density at radius 2 is 1.73 bits per heavy atom. The molecule has 3 aromatic heterocycles. The third-order valence-electron chi connectivity index (χ3n) is 3.07. The first-order chi connectivity index (χ1) is 10.8. The second kappa shape index (κ2) is 6.03. The van der Waals surface area contributed by atoms with E-state index in [1.165, 1.54) is 0 Å². The van der Waals surface area contributed by atoms with Crippen LogP contribution in [0.2, 0.25) is 0 Å². The number of hydrogen-bond acceptors (Lipinski definition) is 4. The molecule has 6 nitrogen and oxygen atoms in total. The van der Waals surface area contributed by atoms with E-state index in [0.717, 1.165) is 11.3 Å². The molecule has 0 radical (unpaired) electrons. The number of aromatic nitrogens is 3. The predicted octanol–water partition coefficient (Wildman–Crippen LogP) is 4.46. The minimum Gasteiger partial charge on any atom is -0.255 e. The highest BCUT2D eigenvalue weighted by Gasteiger charge is 2.08. The summed E-state index contributed by atoms with van der Waals surface area (Å²) in [6, 6.07) is 12.8. The van der Waals surface area contributed by atoms with Gasteiger partial charge in [0.1, 0.15) is 0 Å². The van der Waals surface area contributed by atoms with Crippen LogP contribution in [0.5, 0.6) is 0 Å². The fourth-order valence-corrected chi connectivity index (χ4v) is 2.02. The molecule has 0 bridgehead atoms. The molecule has 0 aliphatic rings. The lowest BCUT2D eigenvalue weighted by atomic mass is 10.1. The summed E-state index contributed by atoms with van der Waals surface area (Å²) < 4.78 is 0. The Morgan fingerprint density at radius 1 is 0.955 bits per heavy atom. The maximum Gasteiger partial charge on any atom is 0.0898 e. The Bertz CT molecular complexity index is 836. The minimum atomic E-state index is 0.482. The average molecular weight is 288 g/mol. The van der Waals surface area contributed by atoms with Gasteiger partial charge in [-0.1, -0.05) is 17.2 Å². The van der Waals surface area contributed by atoms with Crippen LogP contribution in [0.4, 0.5) is 5.69 Å². The van der Waals surface area contributed by atoms with Crippen molar-refractivity contribution in [3.05, 3.63) is 70.9 Å². The summed E-state index contributed by atoms with van der Waals surface area (Å²) in [5.74, 6) is 0. The zero-order valence-electron chi connectivity index (χ0n) is 11.9. The van der Waals surface area contributed by atoms with Crippen molar-refractivity contribution in [1.29, 1.82) is 0 Å². The van der Waals surface area contributed by atoms with Crippen LogP contribution in [0.25, 0.3) is 33.2 Å². The van der Waals surface area contributed by atoms with Gasteiger partial charge in [0.2, 0.25) is 0 Å². The van der Waals surface area contributed by atoms with Crippen LogP contribution in [-0.4, -0.2) is 15.0 Å². The molecule has 6 heteroatoms. The molecule has 0 spiro atoms. The van der Waals surface area contributed by atoms with E-state index < -0.39 is 0 Å². The number of rotatable bonds is 3. The average Bonchev–Trinajstić information content (AvgIpc) is 2.56. The molecule has 0 aromatic carbocycles. The Morgan fingerprint density at radius 3 is 2.32 bits per heavy atom. The lowest BCUT2D eigenvalue weighted by molar-refractivity contribution is 1.20. The third kappa shape index (κ3) is 2.92. The van der Waals surface area contributed by atoms with Gasteiger partial charge in [-0.15, -0.1) is 0 Å². The van der Waals surface area contributed by atoms with Crippen LogP contribution in [0.15, 0.2) is 60.0 Å². The first kappa shape index (κ1) is 13.7. The van der Waals surface area contributed by atoms with Gasteiger partial charge in [0, 0.05) is 23.0 Å². The first-order valence-corrected chi connectivity index (χ1v) is 6.68. The van der Waals surface area contributed by atoms with Crippen molar-refractivity contribution in [2.45, 2.75) is 6.92 Å². The second-order valence-corrected chi connectivity index (χ2v) is 4.72. The summed E-state index contributed by atoms with van der Waals surface area (Å²) in [7, 11) is 0. The monoisotopic (exact) mass is 288 g/mol. The van der Waals surface area contributed by atoms with E-state index in [0.29, 0.717) is 22.8 Å². The lowest BCUT2D eigenvalue weighted by Crippen LogP contribution is -1.92. The minimum absolute atomic E-state index is 0.482. The maximum absolute atomic E-state index is 8.69. The van der Waals surface area contributed by atoms with Gasteiger partial charge in [0.15, 0.2) is 0 Å². The van der Waals surface area contributed by atoms with Crippen molar-refractivity contribution >= 4 is 5.69 Å². The van der Waals surface area contributed by atoms with Crippen LogP contribution in [-0.2, 0) is 0 Å². The van der Waals surface area contributed by atoms with Crippen molar-refractivity contribution in [2.24, 2.45) is 5.11 Å². The highest BCUT2D eigenvalue weighted by Crippen LogP contribution is 2.26. The van der Waals surface area contributed by atoms with Crippen molar-refractivity contribution in [2.75, 3.05) is 0 Å². The summed E-state index contributed by atoms with van der Waals surface area (Å²) in [5.41, 5.74) is 13.0. The molecule has 3 rings (SSSR count). The molecule has 3 heterocycles. The van der Waals surface area contributed by atoms with Gasteiger partial charge in [0.05, 0.1) is 22.8 Å². The zero-order valence-corrected chi connectivity index (χ0v) is 11.9. The fraction of sp³-hybridized carbons (Fsp3) is 0.0625. The van der Waals surface area contributed by atoms with E-state index in [-0.39, 0.29) is 0 Å². The molecule has 0 saturated carbocycles. The Kier molecular flexibility index (Phi) is 3.76. The molecule has 0 saturated heterocycles. The van der Waals surface area contributed by atoms with E-state index in [1.54, 1.807) is 24.5 Å². The van der Waals surface area contributed by atoms with Gasteiger partial charge in [-0.25, -0.2) is 4.98 Å². The normalized spacial score (nSPS) is 10.0. The number of pyridine rings is 3. The van der Waals surface area contributed by atoms with Crippen LogP contribution in [0, 0.1) is 6.92 Å². The number of nitrogens with zero attached hydrogens (tertiary/aromatic N) is 6. The fourth-order valence-electron chi connectivity index (χ4n) is 2.02.